The molecule has 0 aliphatic rings. The smallest absolute Gasteiger partial charge is 0.0878 e. The van der Waals surface area contributed by atoms with Gasteiger partial charge in [-0.1, -0.05) is 104 Å². The molecule has 0 unspecified atom stereocenters. The molecule has 0 nitrogen and oxygen atoms in total. The molecule has 0 aliphatic carbocycles. The minimum absolute atomic E-state index is 1.20. The Labute approximate surface area is 276 Å². The normalized spacial score (nSPS) is 11.8. The Morgan fingerprint density at radius 2 is 0.850 bits per heavy atom. The third kappa shape index (κ3) is 10.0. The van der Waals surface area contributed by atoms with Crippen molar-refractivity contribution in [3.8, 4) is 19.5 Å². The molecule has 0 atom stereocenters. The second-order valence-corrected chi connectivity index (χ2v) is 18.4. The van der Waals surface area contributed by atoms with Crippen LogP contribution in [0.25, 0.3) is 28.9 Å². The Kier molecular flexibility index (Phi) is 14.8. The van der Waals surface area contributed by atoms with E-state index in [0.29, 0.717) is 0 Å². The molecule has 0 N–H and O–H groups in total. The largest absolute Gasteiger partial charge is 0.127 e. The lowest BCUT2D eigenvalue weighted by molar-refractivity contribution is 0.576. The Morgan fingerprint density at radius 1 is 0.475 bits per heavy atom. The minimum Gasteiger partial charge on any atom is -0.127 e. The topological polar surface area (TPSA) is 0 Å². The number of fused-ring (bicyclic) bond motifs is 1. The zero-order valence-corrected chi connectivity index (χ0v) is 30.9. The van der Waals surface area contributed by atoms with E-state index >= 15 is 0 Å². The average molecular weight is 743 g/mol. The van der Waals surface area contributed by atoms with E-state index in [9.17, 15) is 0 Å². The highest BCUT2D eigenvalue weighted by molar-refractivity contribution is 9.11. The van der Waals surface area contributed by atoms with Crippen LogP contribution in [0.15, 0.2) is 31.8 Å². The highest BCUT2D eigenvalue weighted by atomic mass is 79.9. The number of unbranched alkanes of at least 4 members (excludes halogenated alkanes) is 14. The molecule has 6 heteroatoms. The molecule has 0 amide bonds. The van der Waals surface area contributed by atoms with E-state index in [1.807, 2.05) is 45.3 Å². The summed E-state index contributed by atoms with van der Waals surface area (Å²) >= 11 is 15.4. The van der Waals surface area contributed by atoms with Gasteiger partial charge >= 0.3 is 0 Å². The van der Waals surface area contributed by atoms with Crippen molar-refractivity contribution in [2.24, 2.45) is 0 Å². The Morgan fingerprint density at radius 3 is 1.23 bits per heavy atom. The maximum Gasteiger partial charge on any atom is 0.0878 e. The van der Waals surface area contributed by atoms with E-state index in [1.54, 1.807) is 0 Å². The predicted molar refractivity (Wildman–Crippen MR) is 194 cm³/mol. The molecule has 0 saturated carbocycles. The maximum atomic E-state index is 3.79. The molecule has 4 aromatic heterocycles. The second-order valence-electron chi connectivity index (χ2n) is 11.2. The molecular weight excluding hydrogens is 696 g/mol. The van der Waals surface area contributed by atoms with Crippen LogP contribution in [-0.4, -0.2) is 0 Å². The summed E-state index contributed by atoms with van der Waals surface area (Å²) in [5, 5.41) is 1.42. The zero-order valence-electron chi connectivity index (χ0n) is 24.4. The number of aryl methyl sites for hydroxylation is 2. The van der Waals surface area contributed by atoms with Crippen LogP contribution < -0.4 is 0 Å². The molecule has 0 fully saturated rings. The molecule has 4 rings (SSSR count). The third-order valence-corrected chi connectivity index (χ3v) is 13.9. The van der Waals surface area contributed by atoms with E-state index in [0.717, 1.165) is 0 Å². The number of halogens is 2. The van der Waals surface area contributed by atoms with E-state index < -0.39 is 0 Å². The number of hydrogen-bond donors (Lipinski definition) is 0. The standard InChI is InChI=1S/C34H46Br2S4/c1-3-5-7-9-11-13-15-17-19-25-23-30(35)39-32(25)28-21-27-22-29(38-34(27)37-28)33-26(24-31(36)40-33)20-18-16-14-12-10-8-6-4-2/h21-24H,3-20H2,1-2H3. The van der Waals surface area contributed by atoms with Crippen molar-refractivity contribution in [3.63, 3.8) is 0 Å². The maximum absolute atomic E-state index is 3.79. The van der Waals surface area contributed by atoms with Gasteiger partial charge in [0.05, 0.1) is 11.6 Å². The summed E-state index contributed by atoms with van der Waals surface area (Å²) in [5.74, 6) is 0. The fourth-order valence-corrected chi connectivity index (χ4v) is 11.7. The van der Waals surface area contributed by atoms with Crippen LogP contribution in [0.1, 0.15) is 128 Å². The highest BCUT2D eigenvalue weighted by Crippen LogP contribution is 2.48. The first-order valence-corrected chi connectivity index (χ1v) is 20.5. The van der Waals surface area contributed by atoms with Crippen molar-refractivity contribution in [3.05, 3.63) is 43.0 Å². The van der Waals surface area contributed by atoms with Gasteiger partial charge < -0.3 is 0 Å². The molecule has 0 spiro atoms. The van der Waals surface area contributed by atoms with Crippen LogP contribution >= 0.6 is 77.2 Å². The van der Waals surface area contributed by atoms with Crippen molar-refractivity contribution in [2.45, 2.75) is 129 Å². The molecule has 0 aromatic carbocycles. The molecule has 4 aromatic rings. The van der Waals surface area contributed by atoms with Crippen molar-refractivity contribution < 1.29 is 0 Å². The summed E-state index contributed by atoms with van der Waals surface area (Å²) in [6.45, 7) is 4.59. The van der Waals surface area contributed by atoms with Gasteiger partial charge in [0, 0.05) is 24.9 Å². The monoisotopic (exact) mass is 740 g/mol. The van der Waals surface area contributed by atoms with Gasteiger partial charge in [-0.3, -0.25) is 0 Å². The molecule has 40 heavy (non-hydrogen) atoms. The fourth-order valence-electron chi connectivity index (χ4n) is 5.54. The van der Waals surface area contributed by atoms with Crippen molar-refractivity contribution in [1.29, 1.82) is 0 Å². The molecular formula is C34H46Br2S4. The second kappa shape index (κ2) is 18.0. The average Bonchev–Trinajstić information content (AvgIpc) is 3.69. The van der Waals surface area contributed by atoms with E-state index in [4.69, 9.17) is 0 Å². The van der Waals surface area contributed by atoms with Crippen LogP contribution in [0.5, 0.6) is 0 Å². The summed E-state index contributed by atoms with van der Waals surface area (Å²) in [4.78, 5) is 5.87. The van der Waals surface area contributed by atoms with Crippen LogP contribution in [0.4, 0.5) is 0 Å². The highest BCUT2D eigenvalue weighted by Gasteiger charge is 2.17. The summed E-state index contributed by atoms with van der Waals surface area (Å²) in [5.41, 5.74) is 3.07. The van der Waals surface area contributed by atoms with Crippen molar-refractivity contribution >= 4 is 86.6 Å². The minimum atomic E-state index is 1.20. The molecule has 0 bridgehead atoms. The lowest BCUT2D eigenvalue weighted by atomic mass is 10.0. The first-order chi connectivity index (χ1) is 19.6. The fraction of sp³-hybridized carbons (Fsp3) is 0.588. The van der Waals surface area contributed by atoms with Crippen molar-refractivity contribution in [1.82, 2.24) is 0 Å². The molecule has 0 aliphatic heterocycles. The summed E-state index contributed by atoms with van der Waals surface area (Å²) in [7, 11) is 0. The van der Waals surface area contributed by atoms with E-state index in [-0.39, 0.29) is 0 Å². The quantitative estimate of drug-likeness (QED) is 0.0791. The number of rotatable bonds is 20. The van der Waals surface area contributed by atoms with Gasteiger partial charge in [0.2, 0.25) is 0 Å². The van der Waals surface area contributed by atoms with E-state index in [2.05, 4.69) is 70.0 Å². The van der Waals surface area contributed by atoms with Gasteiger partial charge in [0.25, 0.3) is 0 Å². The van der Waals surface area contributed by atoms with Crippen LogP contribution in [0, 0.1) is 0 Å². The number of hydrogen-bond acceptors (Lipinski definition) is 4. The third-order valence-electron chi connectivity index (χ3n) is 7.82. The SMILES string of the molecule is CCCCCCCCCCc1cc(Br)sc1-c1cc2cc(-c3sc(Br)cc3CCCCCCCCCC)sc2s1. The Bertz CT molecular complexity index is 1150. The summed E-state index contributed by atoms with van der Waals surface area (Å²) in [6.07, 6.45) is 24.5. The molecule has 0 saturated heterocycles. The van der Waals surface area contributed by atoms with Crippen LogP contribution in [-0.2, 0) is 12.8 Å². The van der Waals surface area contributed by atoms with Gasteiger partial charge in [-0.05, 0) is 92.9 Å². The number of thiophene rings is 4. The van der Waals surface area contributed by atoms with Gasteiger partial charge in [-0.15, -0.1) is 45.3 Å². The first-order valence-electron chi connectivity index (χ1n) is 15.7. The van der Waals surface area contributed by atoms with Crippen LogP contribution in [0.3, 0.4) is 0 Å². The van der Waals surface area contributed by atoms with Gasteiger partial charge in [0.1, 0.15) is 0 Å². The predicted octanol–water partition coefficient (Wildman–Crippen LogP) is 15.3. The molecule has 220 valence electrons. The first kappa shape index (κ1) is 32.9. The molecule has 0 radical (unpaired) electrons. The zero-order chi connectivity index (χ0) is 28.2. The Hall–Kier alpha value is 0.0200. The Balaban J connectivity index is 1.33. The van der Waals surface area contributed by atoms with Gasteiger partial charge in [0.15, 0.2) is 0 Å². The van der Waals surface area contributed by atoms with E-state index in [1.165, 1.54) is 163 Å². The van der Waals surface area contributed by atoms with Gasteiger partial charge in [-0.25, -0.2) is 0 Å². The van der Waals surface area contributed by atoms with Crippen LogP contribution in [0.2, 0.25) is 0 Å². The summed E-state index contributed by atoms with van der Waals surface area (Å²) < 4.78 is 4.00. The lowest BCUT2D eigenvalue weighted by Gasteiger charge is -2.04. The van der Waals surface area contributed by atoms with Crippen molar-refractivity contribution in [2.75, 3.05) is 0 Å². The van der Waals surface area contributed by atoms with Gasteiger partial charge in [-0.2, -0.15) is 0 Å². The molecule has 4 heterocycles. The lowest BCUT2D eigenvalue weighted by Crippen LogP contribution is -1.86. The summed E-state index contributed by atoms with van der Waals surface area (Å²) in [6, 6.07) is 9.66.